The Labute approximate surface area is 129 Å². The average molecular weight is 318 g/mol. The molecule has 0 aromatic carbocycles. The summed E-state index contributed by atoms with van der Waals surface area (Å²) in [5.41, 5.74) is 0. The molecular weight excluding hydrogens is 288 g/mol. The minimum Gasteiger partial charge on any atom is -0.481 e. The quantitative estimate of drug-likeness (QED) is 0.399. The Morgan fingerprint density at radius 2 is 1.76 bits per heavy atom. The van der Waals surface area contributed by atoms with Gasteiger partial charge in [0.15, 0.2) is 8.32 Å². The van der Waals surface area contributed by atoms with Crippen LogP contribution in [0.3, 0.4) is 0 Å². The van der Waals surface area contributed by atoms with Gasteiger partial charge in [-0.2, -0.15) is 0 Å². The van der Waals surface area contributed by atoms with Crippen LogP contribution in [0.25, 0.3) is 0 Å². The molecule has 0 rings (SSSR count). The number of rotatable bonds is 9. The SMILES string of the molecule is CCCCOC(=O)C[C@H](CC(=O)O)O[Si](C)(C)C(C)(C)C. The summed E-state index contributed by atoms with van der Waals surface area (Å²) in [6.07, 6.45) is 0.986. The highest BCUT2D eigenvalue weighted by Crippen LogP contribution is 2.38. The molecule has 0 fully saturated rings. The number of carboxylic acids is 1. The molecule has 0 saturated carbocycles. The molecule has 1 N–H and O–H groups in total. The molecule has 0 aliphatic carbocycles. The van der Waals surface area contributed by atoms with Gasteiger partial charge in [-0.05, 0) is 24.6 Å². The summed E-state index contributed by atoms with van der Waals surface area (Å²) in [4.78, 5) is 22.7. The molecule has 1 atom stereocenters. The third-order valence-corrected chi connectivity index (χ3v) is 8.36. The highest BCUT2D eigenvalue weighted by molar-refractivity contribution is 6.74. The molecule has 124 valence electrons. The number of carboxylic acid groups (broad SMARTS) is 1. The van der Waals surface area contributed by atoms with E-state index in [-0.39, 0.29) is 23.8 Å². The van der Waals surface area contributed by atoms with Gasteiger partial charge in [0.25, 0.3) is 0 Å². The maximum absolute atomic E-state index is 11.8. The summed E-state index contributed by atoms with van der Waals surface area (Å²) in [5.74, 6) is -1.34. The predicted octanol–water partition coefficient (Wildman–Crippen LogP) is 3.58. The van der Waals surface area contributed by atoms with E-state index in [4.69, 9.17) is 14.3 Å². The molecule has 0 unspecified atom stereocenters. The second-order valence-electron chi connectivity index (χ2n) is 6.88. The van der Waals surface area contributed by atoms with Crippen molar-refractivity contribution in [2.75, 3.05) is 6.61 Å². The number of carbonyl (C=O) groups is 2. The highest BCUT2D eigenvalue weighted by Gasteiger charge is 2.40. The van der Waals surface area contributed by atoms with Crippen molar-refractivity contribution in [3.05, 3.63) is 0 Å². The zero-order valence-electron chi connectivity index (χ0n) is 14.2. The Morgan fingerprint density at radius 3 is 2.19 bits per heavy atom. The van der Waals surface area contributed by atoms with E-state index < -0.39 is 20.4 Å². The fourth-order valence-corrected chi connectivity index (χ4v) is 2.87. The van der Waals surface area contributed by atoms with Crippen LogP contribution >= 0.6 is 0 Å². The van der Waals surface area contributed by atoms with E-state index in [1.807, 2.05) is 20.0 Å². The molecule has 0 amide bonds. The molecule has 0 radical (unpaired) electrons. The second-order valence-corrected chi connectivity index (χ2v) is 11.6. The molecule has 0 saturated heterocycles. The molecule has 0 heterocycles. The van der Waals surface area contributed by atoms with Crippen LogP contribution in [-0.2, 0) is 18.8 Å². The van der Waals surface area contributed by atoms with Gasteiger partial charge < -0.3 is 14.3 Å². The molecule has 6 heteroatoms. The maximum Gasteiger partial charge on any atom is 0.308 e. The third-order valence-electron chi connectivity index (χ3n) is 3.83. The van der Waals surface area contributed by atoms with E-state index in [0.29, 0.717) is 6.61 Å². The summed E-state index contributed by atoms with van der Waals surface area (Å²) in [7, 11) is -2.11. The van der Waals surface area contributed by atoms with E-state index >= 15 is 0 Å². The van der Waals surface area contributed by atoms with E-state index in [1.54, 1.807) is 0 Å². The molecule has 0 aliphatic rings. The van der Waals surface area contributed by atoms with Crippen LogP contribution in [0.1, 0.15) is 53.4 Å². The van der Waals surface area contributed by atoms with Gasteiger partial charge in [-0.1, -0.05) is 34.1 Å². The minimum absolute atomic E-state index is 0.00250. The Kier molecular flexibility index (Phi) is 8.17. The zero-order chi connectivity index (χ0) is 16.7. The van der Waals surface area contributed by atoms with Crippen molar-refractivity contribution in [1.82, 2.24) is 0 Å². The molecule has 0 aromatic rings. The van der Waals surface area contributed by atoms with Gasteiger partial charge in [0.05, 0.1) is 25.6 Å². The van der Waals surface area contributed by atoms with Crippen molar-refractivity contribution in [2.24, 2.45) is 0 Å². The van der Waals surface area contributed by atoms with Crippen LogP contribution < -0.4 is 0 Å². The maximum atomic E-state index is 11.8. The number of hydrogen-bond acceptors (Lipinski definition) is 4. The highest BCUT2D eigenvalue weighted by atomic mass is 28.4. The monoisotopic (exact) mass is 318 g/mol. The van der Waals surface area contributed by atoms with Crippen molar-refractivity contribution in [3.63, 3.8) is 0 Å². The molecular formula is C15H30O5Si. The number of ether oxygens (including phenoxy) is 1. The normalized spacial score (nSPS) is 13.8. The summed E-state index contributed by atoms with van der Waals surface area (Å²) < 4.78 is 11.1. The lowest BCUT2D eigenvalue weighted by atomic mass is 10.2. The van der Waals surface area contributed by atoms with Gasteiger partial charge >= 0.3 is 11.9 Å². The van der Waals surface area contributed by atoms with Gasteiger partial charge in [0.2, 0.25) is 0 Å². The van der Waals surface area contributed by atoms with Crippen molar-refractivity contribution in [3.8, 4) is 0 Å². The van der Waals surface area contributed by atoms with E-state index in [2.05, 4.69) is 20.8 Å². The largest absolute Gasteiger partial charge is 0.481 e. The first-order valence-corrected chi connectivity index (χ1v) is 10.5. The summed E-state index contributed by atoms with van der Waals surface area (Å²) in [6, 6.07) is 0. The average Bonchev–Trinajstić information content (AvgIpc) is 2.25. The Bertz CT molecular complexity index is 346. The van der Waals surface area contributed by atoms with Crippen LogP contribution in [0.15, 0.2) is 0 Å². The summed E-state index contributed by atoms with van der Waals surface area (Å²) in [6.45, 7) is 12.7. The van der Waals surface area contributed by atoms with Crippen LogP contribution in [-0.4, -0.2) is 38.1 Å². The van der Waals surface area contributed by atoms with Crippen molar-refractivity contribution in [1.29, 1.82) is 0 Å². The fourth-order valence-electron chi connectivity index (χ4n) is 1.52. The van der Waals surface area contributed by atoms with Gasteiger partial charge in [-0.25, -0.2) is 0 Å². The van der Waals surface area contributed by atoms with Crippen LogP contribution in [0.4, 0.5) is 0 Å². The summed E-state index contributed by atoms with van der Waals surface area (Å²) in [5, 5.41) is 8.96. The molecule has 0 spiro atoms. The molecule has 0 bridgehead atoms. The van der Waals surface area contributed by atoms with E-state index in [9.17, 15) is 9.59 Å². The number of carbonyl (C=O) groups excluding carboxylic acids is 1. The topological polar surface area (TPSA) is 72.8 Å². The first-order valence-electron chi connectivity index (χ1n) is 7.55. The lowest BCUT2D eigenvalue weighted by Gasteiger charge is -2.38. The van der Waals surface area contributed by atoms with Crippen LogP contribution in [0.2, 0.25) is 18.1 Å². The minimum atomic E-state index is -2.11. The molecule has 5 nitrogen and oxygen atoms in total. The lowest BCUT2D eigenvalue weighted by Crippen LogP contribution is -2.45. The van der Waals surface area contributed by atoms with Crippen LogP contribution in [0, 0.1) is 0 Å². The van der Waals surface area contributed by atoms with Crippen LogP contribution in [0.5, 0.6) is 0 Å². The third kappa shape index (κ3) is 8.21. The van der Waals surface area contributed by atoms with E-state index in [1.165, 1.54) is 0 Å². The zero-order valence-corrected chi connectivity index (χ0v) is 15.2. The lowest BCUT2D eigenvalue weighted by molar-refractivity contribution is -0.147. The predicted molar refractivity (Wildman–Crippen MR) is 84.8 cm³/mol. The van der Waals surface area contributed by atoms with Gasteiger partial charge in [-0.3, -0.25) is 9.59 Å². The Hall–Kier alpha value is -0.883. The van der Waals surface area contributed by atoms with Gasteiger partial charge in [0.1, 0.15) is 0 Å². The standard InChI is InChI=1S/C15H30O5Si/c1-7-8-9-19-14(18)11-12(10-13(16)17)20-21(5,6)15(2,3)4/h12H,7-11H2,1-6H3,(H,16,17)/t12-/m0/s1. The first-order chi connectivity index (χ1) is 9.49. The second kappa shape index (κ2) is 8.53. The number of aliphatic carboxylic acids is 1. The van der Waals surface area contributed by atoms with Crippen molar-refractivity contribution in [2.45, 2.75) is 77.6 Å². The molecule has 0 aromatic heterocycles. The summed E-state index contributed by atoms with van der Waals surface area (Å²) >= 11 is 0. The first kappa shape index (κ1) is 20.1. The van der Waals surface area contributed by atoms with Crippen molar-refractivity contribution >= 4 is 20.3 Å². The molecule has 0 aliphatic heterocycles. The Morgan fingerprint density at radius 1 is 1.19 bits per heavy atom. The molecule has 21 heavy (non-hydrogen) atoms. The number of hydrogen-bond donors (Lipinski definition) is 1. The smallest absolute Gasteiger partial charge is 0.308 e. The Balaban J connectivity index is 4.66. The van der Waals surface area contributed by atoms with Gasteiger partial charge in [-0.15, -0.1) is 0 Å². The van der Waals surface area contributed by atoms with Gasteiger partial charge in [0, 0.05) is 0 Å². The number of unbranched alkanes of at least 4 members (excludes halogenated alkanes) is 1. The number of esters is 1. The van der Waals surface area contributed by atoms with Crippen molar-refractivity contribution < 1.29 is 23.9 Å². The fraction of sp³-hybridized carbons (Fsp3) is 0.867. The van der Waals surface area contributed by atoms with E-state index in [0.717, 1.165) is 12.8 Å².